The molecule has 0 spiro atoms. The van der Waals surface area contributed by atoms with Crippen LogP contribution in [-0.2, 0) is 0 Å². The molecule has 0 aromatic carbocycles. The van der Waals surface area contributed by atoms with Crippen molar-refractivity contribution in [1.82, 2.24) is 15.0 Å². The van der Waals surface area contributed by atoms with Gasteiger partial charge in [0.05, 0.1) is 0 Å². The summed E-state index contributed by atoms with van der Waals surface area (Å²) < 4.78 is 0. The van der Waals surface area contributed by atoms with Crippen molar-refractivity contribution in [3.63, 3.8) is 0 Å². The minimum absolute atomic E-state index is 0.286. The predicted molar refractivity (Wildman–Crippen MR) is 89.1 cm³/mol. The van der Waals surface area contributed by atoms with Crippen molar-refractivity contribution >= 4 is 11.7 Å². The number of rotatable bonds is 3. The molecule has 23 heavy (non-hydrogen) atoms. The standard InChI is InChI=1S/C18H16N4O/c1-12-6-8-19-11-15(12)14-9-16(21-10-13(14)2)18(23)22-17-5-3-4-7-20-17/h3-11H,1-2H3,(H,20,22,23). The van der Waals surface area contributed by atoms with Gasteiger partial charge in [0.1, 0.15) is 11.5 Å². The monoisotopic (exact) mass is 304 g/mol. The van der Waals surface area contributed by atoms with Crippen LogP contribution in [0.2, 0.25) is 0 Å². The Labute approximate surface area is 134 Å². The number of nitrogens with zero attached hydrogens (tertiary/aromatic N) is 3. The molecule has 3 heterocycles. The molecule has 0 radical (unpaired) electrons. The van der Waals surface area contributed by atoms with Crippen LogP contribution in [0.5, 0.6) is 0 Å². The van der Waals surface area contributed by atoms with Gasteiger partial charge in [-0.3, -0.25) is 14.8 Å². The number of hydrogen-bond acceptors (Lipinski definition) is 4. The zero-order valence-corrected chi connectivity index (χ0v) is 12.9. The maximum absolute atomic E-state index is 12.4. The molecule has 0 aliphatic heterocycles. The molecule has 0 bridgehead atoms. The average Bonchev–Trinajstić information content (AvgIpc) is 2.57. The van der Waals surface area contributed by atoms with Crippen molar-refractivity contribution in [2.45, 2.75) is 13.8 Å². The first-order chi connectivity index (χ1) is 11.1. The molecule has 1 amide bonds. The smallest absolute Gasteiger partial charge is 0.275 e. The van der Waals surface area contributed by atoms with Gasteiger partial charge in [-0.05, 0) is 54.8 Å². The van der Waals surface area contributed by atoms with Crippen LogP contribution in [-0.4, -0.2) is 20.9 Å². The molecular formula is C18H16N4O. The van der Waals surface area contributed by atoms with Gasteiger partial charge in [-0.25, -0.2) is 4.98 Å². The number of amides is 1. The van der Waals surface area contributed by atoms with Gasteiger partial charge in [0.15, 0.2) is 0 Å². The molecule has 5 nitrogen and oxygen atoms in total. The summed E-state index contributed by atoms with van der Waals surface area (Å²) in [6, 6.07) is 9.08. The van der Waals surface area contributed by atoms with Gasteiger partial charge < -0.3 is 5.32 Å². The lowest BCUT2D eigenvalue weighted by atomic mass is 9.99. The Kier molecular flexibility index (Phi) is 4.10. The van der Waals surface area contributed by atoms with E-state index in [2.05, 4.69) is 20.3 Å². The van der Waals surface area contributed by atoms with Crippen molar-refractivity contribution < 1.29 is 4.79 Å². The van der Waals surface area contributed by atoms with Gasteiger partial charge in [-0.2, -0.15) is 0 Å². The molecule has 0 aliphatic rings. The Balaban J connectivity index is 1.94. The van der Waals surface area contributed by atoms with Crippen LogP contribution >= 0.6 is 0 Å². The normalized spacial score (nSPS) is 10.3. The highest BCUT2D eigenvalue weighted by molar-refractivity contribution is 6.03. The van der Waals surface area contributed by atoms with Crippen molar-refractivity contribution in [3.05, 3.63) is 71.9 Å². The van der Waals surface area contributed by atoms with Crippen LogP contribution in [0.25, 0.3) is 11.1 Å². The third kappa shape index (κ3) is 3.23. The molecule has 3 aromatic heterocycles. The van der Waals surface area contributed by atoms with Crippen LogP contribution in [0.15, 0.2) is 55.1 Å². The number of carbonyl (C=O) groups is 1. The summed E-state index contributed by atoms with van der Waals surface area (Å²) in [6.45, 7) is 3.99. The lowest BCUT2D eigenvalue weighted by molar-refractivity contribution is 0.102. The first-order valence-electron chi connectivity index (χ1n) is 7.25. The first kappa shape index (κ1) is 14.8. The summed E-state index contributed by atoms with van der Waals surface area (Å²) in [6.07, 6.45) is 6.89. The van der Waals surface area contributed by atoms with Crippen LogP contribution in [0.1, 0.15) is 21.6 Å². The summed E-state index contributed by atoms with van der Waals surface area (Å²) in [5, 5.41) is 2.74. The summed E-state index contributed by atoms with van der Waals surface area (Å²) in [4.78, 5) is 24.9. The molecule has 0 saturated heterocycles. The fraction of sp³-hybridized carbons (Fsp3) is 0.111. The van der Waals surface area contributed by atoms with E-state index in [4.69, 9.17) is 0 Å². The average molecular weight is 304 g/mol. The summed E-state index contributed by atoms with van der Waals surface area (Å²) in [5.41, 5.74) is 4.40. The van der Waals surface area contributed by atoms with Crippen molar-refractivity contribution in [3.8, 4) is 11.1 Å². The van der Waals surface area contributed by atoms with Gasteiger partial charge in [-0.15, -0.1) is 0 Å². The van der Waals surface area contributed by atoms with E-state index < -0.39 is 0 Å². The second-order valence-electron chi connectivity index (χ2n) is 5.24. The van der Waals surface area contributed by atoms with Crippen LogP contribution in [0.3, 0.4) is 0 Å². The minimum atomic E-state index is -0.286. The molecular weight excluding hydrogens is 288 g/mol. The SMILES string of the molecule is Cc1ccncc1-c1cc(C(=O)Nc2ccccn2)ncc1C. The zero-order chi connectivity index (χ0) is 16.2. The number of hydrogen-bond donors (Lipinski definition) is 1. The topological polar surface area (TPSA) is 67.8 Å². The third-order valence-corrected chi connectivity index (χ3v) is 3.57. The second kappa shape index (κ2) is 6.36. The van der Waals surface area contributed by atoms with E-state index in [1.165, 1.54) is 0 Å². The molecule has 0 aliphatic carbocycles. The Hall–Kier alpha value is -3.08. The maximum atomic E-state index is 12.4. The highest BCUT2D eigenvalue weighted by atomic mass is 16.1. The highest BCUT2D eigenvalue weighted by Gasteiger charge is 2.13. The lowest BCUT2D eigenvalue weighted by Crippen LogP contribution is -2.14. The number of carbonyl (C=O) groups excluding carboxylic acids is 1. The molecule has 0 saturated carbocycles. The van der Waals surface area contributed by atoms with Gasteiger partial charge in [-0.1, -0.05) is 6.07 Å². The zero-order valence-electron chi connectivity index (χ0n) is 12.9. The van der Waals surface area contributed by atoms with E-state index >= 15 is 0 Å². The van der Waals surface area contributed by atoms with Gasteiger partial charge >= 0.3 is 0 Å². The Bertz CT molecular complexity index is 847. The van der Waals surface area contributed by atoms with E-state index in [9.17, 15) is 4.79 Å². The Morgan fingerprint density at radius 3 is 2.57 bits per heavy atom. The minimum Gasteiger partial charge on any atom is -0.305 e. The van der Waals surface area contributed by atoms with Crippen molar-refractivity contribution in [2.24, 2.45) is 0 Å². The van der Waals surface area contributed by atoms with Crippen molar-refractivity contribution in [1.29, 1.82) is 0 Å². The molecule has 114 valence electrons. The number of aromatic nitrogens is 3. The van der Waals surface area contributed by atoms with E-state index in [-0.39, 0.29) is 5.91 Å². The molecule has 1 N–H and O–H groups in total. The molecule has 3 aromatic rings. The Morgan fingerprint density at radius 1 is 0.957 bits per heavy atom. The molecule has 0 fully saturated rings. The number of anilines is 1. The maximum Gasteiger partial charge on any atom is 0.275 e. The predicted octanol–water partition coefficient (Wildman–Crippen LogP) is 3.41. The van der Waals surface area contributed by atoms with E-state index in [1.807, 2.05) is 26.0 Å². The van der Waals surface area contributed by atoms with Crippen LogP contribution in [0, 0.1) is 13.8 Å². The lowest BCUT2D eigenvalue weighted by Gasteiger charge is -2.10. The van der Waals surface area contributed by atoms with E-state index in [0.717, 1.165) is 22.3 Å². The molecule has 3 rings (SSSR count). The van der Waals surface area contributed by atoms with Crippen molar-refractivity contribution in [2.75, 3.05) is 5.32 Å². The highest BCUT2D eigenvalue weighted by Crippen LogP contribution is 2.26. The second-order valence-corrected chi connectivity index (χ2v) is 5.24. The third-order valence-electron chi connectivity index (χ3n) is 3.57. The number of pyridine rings is 3. The first-order valence-corrected chi connectivity index (χ1v) is 7.25. The fourth-order valence-corrected chi connectivity index (χ4v) is 2.30. The van der Waals surface area contributed by atoms with Gasteiger partial charge in [0, 0.05) is 30.4 Å². The molecule has 0 atom stereocenters. The van der Waals surface area contributed by atoms with Crippen LogP contribution < -0.4 is 5.32 Å². The largest absolute Gasteiger partial charge is 0.305 e. The fourth-order valence-electron chi connectivity index (χ4n) is 2.30. The number of aryl methyl sites for hydroxylation is 2. The van der Waals surface area contributed by atoms with E-state index in [1.54, 1.807) is 43.0 Å². The van der Waals surface area contributed by atoms with Gasteiger partial charge in [0.2, 0.25) is 0 Å². The summed E-state index contributed by atoms with van der Waals surface area (Å²) in [7, 11) is 0. The van der Waals surface area contributed by atoms with Crippen LogP contribution in [0.4, 0.5) is 5.82 Å². The number of nitrogens with one attached hydrogen (secondary N) is 1. The Morgan fingerprint density at radius 2 is 1.83 bits per heavy atom. The summed E-state index contributed by atoms with van der Waals surface area (Å²) >= 11 is 0. The molecule has 5 heteroatoms. The van der Waals surface area contributed by atoms with Gasteiger partial charge in [0.25, 0.3) is 5.91 Å². The summed E-state index contributed by atoms with van der Waals surface area (Å²) in [5.74, 6) is 0.213. The molecule has 0 unspecified atom stereocenters. The van der Waals surface area contributed by atoms with E-state index in [0.29, 0.717) is 11.5 Å². The quantitative estimate of drug-likeness (QED) is 0.805.